The van der Waals surface area contributed by atoms with E-state index in [1.54, 1.807) is 12.4 Å². The third-order valence-electron chi connectivity index (χ3n) is 3.66. The molecule has 1 aliphatic carbocycles. The predicted octanol–water partition coefficient (Wildman–Crippen LogP) is 2.43. The van der Waals surface area contributed by atoms with Crippen molar-refractivity contribution in [1.29, 1.82) is 0 Å². The van der Waals surface area contributed by atoms with E-state index in [4.69, 9.17) is 0 Å². The molecule has 1 heterocycles. The lowest BCUT2D eigenvalue weighted by Crippen LogP contribution is -2.30. The SMILES string of the molecule is Cc1ccc(C(O)(c2cncnc2)C2CC2)cc1. The summed E-state index contributed by atoms with van der Waals surface area (Å²) in [6.45, 7) is 2.05. The lowest BCUT2D eigenvalue weighted by Gasteiger charge is -2.28. The Morgan fingerprint density at radius 1 is 1.06 bits per heavy atom. The summed E-state index contributed by atoms with van der Waals surface area (Å²) < 4.78 is 0. The van der Waals surface area contributed by atoms with Crippen LogP contribution < -0.4 is 0 Å². The van der Waals surface area contributed by atoms with E-state index in [1.807, 2.05) is 31.2 Å². The molecule has 0 saturated heterocycles. The van der Waals surface area contributed by atoms with Crippen LogP contribution in [0, 0.1) is 12.8 Å². The molecule has 3 nitrogen and oxygen atoms in total. The minimum Gasteiger partial charge on any atom is -0.380 e. The molecule has 3 rings (SSSR count). The van der Waals surface area contributed by atoms with Gasteiger partial charge in [-0.3, -0.25) is 0 Å². The number of hydrogen-bond donors (Lipinski definition) is 1. The van der Waals surface area contributed by atoms with Gasteiger partial charge >= 0.3 is 0 Å². The van der Waals surface area contributed by atoms with Crippen molar-refractivity contribution < 1.29 is 5.11 Å². The number of aryl methyl sites for hydroxylation is 1. The molecule has 0 radical (unpaired) electrons. The zero-order valence-electron chi connectivity index (χ0n) is 10.4. The smallest absolute Gasteiger partial charge is 0.120 e. The molecular formula is C15H16N2O. The summed E-state index contributed by atoms with van der Waals surface area (Å²) in [5.74, 6) is 0.284. The van der Waals surface area contributed by atoms with Crippen LogP contribution in [0.1, 0.15) is 29.5 Å². The Hall–Kier alpha value is -1.74. The molecule has 1 aromatic carbocycles. The normalized spacial score (nSPS) is 18.3. The van der Waals surface area contributed by atoms with E-state index in [1.165, 1.54) is 11.9 Å². The molecule has 18 heavy (non-hydrogen) atoms. The number of benzene rings is 1. The van der Waals surface area contributed by atoms with Gasteiger partial charge in [0, 0.05) is 18.0 Å². The van der Waals surface area contributed by atoms with Gasteiger partial charge in [0.1, 0.15) is 11.9 Å². The average molecular weight is 240 g/mol. The largest absolute Gasteiger partial charge is 0.380 e. The molecule has 1 aliphatic rings. The van der Waals surface area contributed by atoms with Crippen LogP contribution in [0.4, 0.5) is 0 Å². The standard InChI is InChI=1S/C15H16N2O/c1-11-2-4-12(5-3-11)15(18,13-6-7-13)14-8-16-10-17-9-14/h2-5,8-10,13,18H,6-7H2,1H3. The number of aromatic nitrogens is 2. The first kappa shape index (κ1) is 11.4. The molecule has 1 fully saturated rings. The van der Waals surface area contributed by atoms with Gasteiger partial charge in [-0.1, -0.05) is 29.8 Å². The molecule has 1 N–H and O–H groups in total. The van der Waals surface area contributed by atoms with Crippen LogP contribution in [0.25, 0.3) is 0 Å². The van der Waals surface area contributed by atoms with Crippen molar-refractivity contribution in [1.82, 2.24) is 9.97 Å². The van der Waals surface area contributed by atoms with Crippen LogP contribution >= 0.6 is 0 Å². The van der Waals surface area contributed by atoms with E-state index in [0.29, 0.717) is 0 Å². The van der Waals surface area contributed by atoms with E-state index >= 15 is 0 Å². The molecule has 92 valence electrons. The summed E-state index contributed by atoms with van der Waals surface area (Å²) in [7, 11) is 0. The number of hydrogen-bond acceptors (Lipinski definition) is 3. The van der Waals surface area contributed by atoms with E-state index in [-0.39, 0.29) is 5.92 Å². The maximum atomic E-state index is 11.1. The van der Waals surface area contributed by atoms with E-state index in [2.05, 4.69) is 9.97 Å². The summed E-state index contributed by atoms with van der Waals surface area (Å²) in [4.78, 5) is 8.07. The van der Waals surface area contributed by atoms with Gasteiger partial charge in [-0.25, -0.2) is 9.97 Å². The van der Waals surface area contributed by atoms with Crippen LogP contribution in [0.2, 0.25) is 0 Å². The zero-order valence-corrected chi connectivity index (χ0v) is 10.4. The van der Waals surface area contributed by atoms with E-state index in [0.717, 1.165) is 24.0 Å². The van der Waals surface area contributed by atoms with Crippen LogP contribution in [0.3, 0.4) is 0 Å². The van der Waals surface area contributed by atoms with Gasteiger partial charge in [0.25, 0.3) is 0 Å². The highest BCUT2D eigenvalue weighted by Crippen LogP contribution is 2.49. The van der Waals surface area contributed by atoms with Crippen molar-refractivity contribution in [2.75, 3.05) is 0 Å². The fraction of sp³-hybridized carbons (Fsp3) is 0.333. The molecule has 0 spiro atoms. The van der Waals surface area contributed by atoms with Crippen LogP contribution in [-0.2, 0) is 5.60 Å². The third kappa shape index (κ3) is 1.81. The Bertz CT molecular complexity index is 534. The summed E-state index contributed by atoms with van der Waals surface area (Å²) in [6, 6.07) is 8.07. The first-order valence-corrected chi connectivity index (χ1v) is 6.26. The minimum absolute atomic E-state index is 0.284. The van der Waals surface area contributed by atoms with E-state index < -0.39 is 5.60 Å². The average Bonchev–Trinajstić information content (AvgIpc) is 3.24. The van der Waals surface area contributed by atoms with Gasteiger partial charge in [-0.05, 0) is 31.2 Å². The summed E-state index contributed by atoms with van der Waals surface area (Å²) in [5, 5.41) is 11.1. The highest BCUT2D eigenvalue weighted by atomic mass is 16.3. The number of nitrogens with zero attached hydrogens (tertiary/aromatic N) is 2. The highest BCUT2D eigenvalue weighted by Gasteiger charge is 2.46. The fourth-order valence-corrected chi connectivity index (χ4v) is 2.44. The molecule has 0 amide bonds. The van der Waals surface area contributed by atoms with Gasteiger partial charge in [0.15, 0.2) is 0 Å². The third-order valence-corrected chi connectivity index (χ3v) is 3.66. The molecule has 3 heteroatoms. The summed E-state index contributed by atoms with van der Waals surface area (Å²) >= 11 is 0. The summed E-state index contributed by atoms with van der Waals surface area (Å²) in [6.07, 6.45) is 7.03. The first-order chi connectivity index (χ1) is 8.71. The topological polar surface area (TPSA) is 46.0 Å². The van der Waals surface area contributed by atoms with Gasteiger partial charge in [0.05, 0.1) is 0 Å². The zero-order chi connectivity index (χ0) is 12.6. The van der Waals surface area contributed by atoms with Crippen molar-refractivity contribution in [2.24, 2.45) is 5.92 Å². The van der Waals surface area contributed by atoms with Crippen molar-refractivity contribution >= 4 is 0 Å². The Balaban J connectivity index is 2.09. The highest BCUT2D eigenvalue weighted by molar-refractivity contribution is 5.37. The molecule has 1 unspecified atom stereocenters. The first-order valence-electron chi connectivity index (χ1n) is 6.26. The molecule has 1 aromatic heterocycles. The maximum Gasteiger partial charge on any atom is 0.120 e. The van der Waals surface area contributed by atoms with E-state index in [9.17, 15) is 5.11 Å². The number of aliphatic hydroxyl groups is 1. The molecule has 0 bridgehead atoms. The van der Waals surface area contributed by atoms with Crippen LogP contribution in [-0.4, -0.2) is 15.1 Å². The molecule has 1 saturated carbocycles. The minimum atomic E-state index is -0.936. The second-order valence-electron chi connectivity index (χ2n) is 5.03. The van der Waals surface area contributed by atoms with Gasteiger partial charge in [-0.15, -0.1) is 0 Å². The van der Waals surface area contributed by atoms with Gasteiger partial charge in [-0.2, -0.15) is 0 Å². The van der Waals surface area contributed by atoms with Crippen molar-refractivity contribution in [3.8, 4) is 0 Å². The quantitative estimate of drug-likeness (QED) is 0.896. The van der Waals surface area contributed by atoms with Crippen LogP contribution in [0.5, 0.6) is 0 Å². The maximum absolute atomic E-state index is 11.1. The summed E-state index contributed by atoms with van der Waals surface area (Å²) in [5.41, 5.74) is 1.98. The Morgan fingerprint density at radius 2 is 1.67 bits per heavy atom. The predicted molar refractivity (Wildman–Crippen MR) is 68.9 cm³/mol. The molecule has 2 aromatic rings. The lowest BCUT2D eigenvalue weighted by molar-refractivity contribution is 0.0557. The lowest BCUT2D eigenvalue weighted by atomic mass is 9.83. The molecule has 1 atom stereocenters. The Morgan fingerprint density at radius 3 is 2.22 bits per heavy atom. The number of rotatable bonds is 3. The fourth-order valence-electron chi connectivity index (χ4n) is 2.44. The molecular weight excluding hydrogens is 224 g/mol. The Kier molecular flexibility index (Phi) is 2.63. The monoisotopic (exact) mass is 240 g/mol. The van der Waals surface area contributed by atoms with Crippen molar-refractivity contribution in [3.05, 3.63) is 59.7 Å². The second kappa shape index (κ2) is 4.18. The molecule has 0 aliphatic heterocycles. The van der Waals surface area contributed by atoms with Gasteiger partial charge in [0.2, 0.25) is 0 Å². The van der Waals surface area contributed by atoms with Gasteiger partial charge < -0.3 is 5.11 Å². The van der Waals surface area contributed by atoms with Crippen LogP contribution in [0.15, 0.2) is 43.0 Å². The second-order valence-corrected chi connectivity index (χ2v) is 5.03. The van der Waals surface area contributed by atoms with Crippen molar-refractivity contribution in [3.63, 3.8) is 0 Å². The van der Waals surface area contributed by atoms with Crippen molar-refractivity contribution in [2.45, 2.75) is 25.4 Å². The Labute approximate surface area is 107 Å².